The summed E-state index contributed by atoms with van der Waals surface area (Å²) in [5.74, 6) is 0.926. The van der Waals surface area contributed by atoms with Crippen molar-refractivity contribution < 1.29 is 4.74 Å². The zero-order valence-corrected chi connectivity index (χ0v) is 15.8. The molecule has 0 unspecified atom stereocenters. The van der Waals surface area contributed by atoms with Crippen LogP contribution in [0.1, 0.15) is 25.0 Å². The average Bonchev–Trinajstić information content (AvgIpc) is 2.94. The Balaban J connectivity index is 1.82. The molecule has 0 fully saturated rings. The smallest absolute Gasteiger partial charge is 0.136 e. The molecule has 1 aliphatic carbocycles. The number of fused-ring (bicyclic) bond motifs is 4. The van der Waals surface area contributed by atoms with E-state index in [0.717, 1.165) is 28.0 Å². The molecule has 0 bridgehead atoms. The van der Waals surface area contributed by atoms with Gasteiger partial charge in [-0.1, -0.05) is 68.4 Å². The molecule has 1 heterocycles. The van der Waals surface area contributed by atoms with Gasteiger partial charge in [0.05, 0.1) is 12.8 Å². The highest BCUT2D eigenvalue weighted by Gasteiger charge is 2.39. The topological polar surface area (TPSA) is 22.1 Å². The molecule has 0 saturated heterocycles. The minimum atomic E-state index is -0.125. The lowest BCUT2D eigenvalue weighted by molar-refractivity contribution is 0.421. The van der Waals surface area contributed by atoms with Crippen molar-refractivity contribution in [3.63, 3.8) is 0 Å². The normalized spacial score (nSPS) is 14.0. The number of benzene rings is 3. The van der Waals surface area contributed by atoms with Gasteiger partial charge in [0.2, 0.25) is 0 Å². The Kier molecular flexibility index (Phi) is 3.38. The second kappa shape index (κ2) is 5.68. The fourth-order valence-electron chi connectivity index (χ4n) is 4.33. The maximum absolute atomic E-state index is 5.90. The van der Waals surface area contributed by atoms with Gasteiger partial charge in [-0.25, -0.2) is 0 Å². The van der Waals surface area contributed by atoms with E-state index in [1.165, 1.54) is 22.1 Å². The van der Waals surface area contributed by atoms with E-state index in [1.807, 2.05) is 12.3 Å². The molecule has 0 atom stereocenters. The van der Waals surface area contributed by atoms with Crippen LogP contribution in [0, 0.1) is 0 Å². The molecule has 2 heteroatoms. The maximum atomic E-state index is 5.90. The van der Waals surface area contributed by atoms with Gasteiger partial charge in [-0.05, 0) is 34.2 Å². The van der Waals surface area contributed by atoms with Crippen molar-refractivity contribution in [3.8, 4) is 28.1 Å². The fraction of sp³-hybridized carbons (Fsp3) is 0.160. The minimum Gasteiger partial charge on any atom is -0.495 e. The summed E-state index contributed by atoms with van der Waals surface area (Å²) in [5, 5.41) is 2.34. The van der Waals surface area contributed by atoms with Gasteiger partial charge in [0, 0.05) is 28.1 Å². The van der Waals surface area contributed by atoms with Crippen LogP contribution in [0.25, 0.3) is 33.2 Å². The second-order valence-electron chi connectivity index (χ2n) is 7.66. The predicted octanol–water partition coefficient (Wildman–Crippen LogP) is 6.22. The van der Waals surface area contributed by atoms with E-state index in [4.69, 9.17) is 9.72 Å². The van der Waals surface area contributed by atoms with Gasteiger partial charge in [-0.15, -0.1) is 0 Å². The quantitative estimate of drug-likeness (QED) is 0.428. The first-order valence-electron chi connectivity index (χ1n) is 9.28. The molecule has 0 N–H and O–H groups in total. The largest absolute Gasteiger partial charge is 0.495 e. The molecule has 0 saturated carbocycles. The number of ether oxygens (including phenoxy) is 1. The van der Waals surface area contributed by atoms with Gasteiger partial charge in [-0.2, -0.15) is 0 Å². The van der Waals surface area contributed by atoms with Crippen LogP contribution in [-0.2, 0) is 5.41 Å². The molecule has 132 valence electrons. The Morgan fingerprint density at radius 3 is 2.33 bits per heavy atom. The molecule has 27 heavy (non-hydrogen) atoms. The summed E-state index contributed by atoms with van der Waals surface area (Å²) in [7, 11) is 1.76. The Hall–Kier alpha value is -3.13. The van der Waals surface area contributed by atoms with Crippen molar-refractivity contribution >= 4 is 10.8 Å². The fourth-order valence-corrected chi connectivity index (χ4v) is 4.33. The molecule has 0 aliphatic heterocycles. The SMILES string of the molecule is COc1c2c(cc3ccccc13)C(C)(C)c1cc(-c3ccccc3)cnc1-2. The number of rotatable bonds is 2. The van der Waals surface area contributed by atoms with Gasteiger partial charge in [0.15, 0.2) is 0 Å². The van der Waals surface area contributed by atoms with E-state index in [2.05, 4.69) is 74.5 Å². The van der Waals surface area contributed by atoms with Crippen molar-refractivity contribution in [1.82, 2.24) is 4.98 Å². The van der Waals surface area contributed by atoms with Gasteiger partial charge in [0.1, 0.15) is 5.75 Å². The van der Waals surface area contributed by atoms with E-state index >= 15 is 0 Å². The number of pyridine rings is 1. The zero-order chi connectivity index (χ0) is 18.6. The standard InChI is InChI=1S/C25H21NO/c1-25(2)20-13-17-11-7-8-12-19(17)24(27-3)22(20)23-21(25)14-18(15-26-23)16-9-5-4-6-10-16/h4-15H,1-3H3. The molecule has 2 nitrogen and oxygen atoms in total. The first-order valence-corrected chi connectivity index (χ1v) is 9.28. The van der Waals surface area contributed by atoms with Crippen LogP contribution >= 0.6 is 0 Å². The number of nitrogens with zero attached hydrogens (tertiary/aromatic N) is 1. The molecule has 0 spiro atoms. The molecule has 4 aromatic rings. The van der Waals surface area contributed by atoms with E-state index in [9.17, 15) is 0 Å². The number of hydrogen-bond acceptors (Lipinski definition) is 2. The maximum Gasteiger partial charge on any atom is 0.136 e. The van der Waals surface area contributed by atoms with Crippen LogP contribution in [0.3, 0.4) is 0 Å². The van der Waals surface area contributed by atoms with Crippen LogP contribution in [0.4, 0.5) is 0 Å². The highest BCUT2D eigenvalue weighted by Crippen LogP contribution is 2.54. The predicted molar refractivity (Wildman–Crippen MR) is 111 cm³/mol. The third-order valence-corrected chi connectivity index (χ3v) is 5.78. The van der Waals surface area contributed by atoms with E-state index in [1.54, 1.807) is 7.11 Å². The minimum absolute atomic E-state index is 0.125. The first-order chi connectivity index (χ1) is 13.1. The lowest BCUT2D eigenvalue weighted by Gasteiger charge is -2.22. The Labute approximate surface area is 159 Å². The molecule has 0 amide bonds. The summed E-state index contributed by atoms with van der Waals surface area (Å²) in [6.07, 6.45) is 1.98. The zero-order valence-electron chi connectivity index (χ0n) is 15.8. The third kappa shape index (κ3) is 2.23. The number of methoxy groups -OCH3 is 1. The highest BCUT2D eigenvalue weighted by molar-refractivity contribution is 5.99. The van der Waals surface area contributed by atoms with Crippen molar-refractivity contribution in [1.29, 1.82) is 0 Å². The molecular weight excluding hydrogens is 330 g/mol. The average molecular weight is 351 g/mol. The lowest BCUT2D eigenvalue weighted by atomic mass is 9.81. The van der Waals surface area contributed by atoms with Crippen LogP contribution < -0.4 is 4.74 Å². The van der Waals surface area contributed by atoms with Crippen LogP contribution in [0.15, 0.2) is 72.9 Å². The summed E-state index contributed by atoms with van der Waals surface area (Å²) in [6.45, 7) is 4.56. The van der Waals surface area contributed by atoms with Crippen molar-refractivity contribution in [2.24, 2.45) is 0 Å². The lowest BCUT2D eigenvalue weighted by Crippen LogP contribution is -2.15. The van der Waals surface area contributed by atoms with Crippen molar-refractivity contribution in [2.75, 3.05) is 7.11 Å². The summed E-state index contributed by atoms with van der Waals surface area (Å²) in [6, 6.07) is 23.5. The Morgan fingerprint density at radius 1 is 0.815 bits per heavy atom. The first kappa shape index (κ1) is 16.1. The van der Waals surface area contributed by atoms with Crippen molar-refractivity contribution in [2.45, 2.75) is 19.3 Å². The Morgan fingerprint density at radius 2 is 1.56 bits per heavy atom. The summed E-state index contributed by atoms with van der Waals surface area (Å²) < 4.78 is 5.90. The summed E-state index contributed by atoms with van der Waals surface area (Å²) in [5.41, 5.74) is 6.93. The van der Waals surface area contributed by atoms with Crippen LogP contribution in [0.2, 0.25) is 0 Å². The Bertz CT molecular complexity index is 1180. The number of hydrogen-bond donors (Lipinski definition) is 0. The summed E-state index contributed by atoms with van der Waals surface area (Å²) >= 11 is 0. The molecule has 3 aromatic carbocycles. The molecule has 0 radical (unpaired) electrons. The van der Waals surface area contributed by atoms with Crippen LogP contribution in [0.5, 0.6) is 5.75 Å². The van der Waals surface area contributed by atoms with Crippen LogP contribution in [-0.4, -0.2) is 12.1 Å². The van der Waals surface area contributed by atoms with E-state index in [0.29, 0.717) is 0 Å². The highest BCUT2D eigenvalue weighted by atomic mass is 16.5. The van der Waals surface area contributed by atoms with Gasteiger partial charge in [-0.3, -0.25) is 4.98 Å². The van der Waals surface area contributed by atoms with Gasteiger partial charge in [0.25, 0.3) is 0 Å². The summed E-state index contributed by atoms with van der Waals surface area (Å²) in [4.78, 5) is 4.91. The monoisotopic (exact) mass is 351 g/mol. The van der Waals surface area contributed by atoms with E-state index < -0.39 is 0 Å². The van der Waals surface area contributed by atoms with Gasteiger partial charge < -0.3 is 4.74 Å². The second-order valence-corrected chi connectivity index (χ2v) is 7.66. The molecular formula is C25H21NO. The molecule has 1 aromatic heterocycles. The third-order valence-electron chi connectivity index (χ3n) is 5.78. The molecule has 1 aliphatic rings. The molecule has 5 rings (SSSR count). The van der Waals surface area contributed by atoms with E-state index in [-0.39, 0.29) is 5.41 Å². The van der Waals surface area contributed by atoms with Crippen molar-refractivity contribution in [3.05, 3.63) is 84.1 Å². The van der Waals surface area contributed by atoms with Gasteiger partial charge >= 0.3 is 0 Å². The number of aromatic nitrogens is 1.